The van der Waals surface area contributed by atoms with Crippen molar-refractivity contribution in [3.8, 4) is 0 Å². The number of fused-ring (bicyclic) bond motifs is 3. The van der Waals surface area contributed by atoms with E-state index in [1.165, 1.54) is 14.3 Å². The van der Waals surface area contributed by atoms with Crippen LogP contribution in [0, 0.1) is 0 Å². The van der Waals surface area contributed by atoms with E-state index in [4.69, 9.17) is 5.84 Å². The summed E-state index contributed by atoms with van der Waals surface area (Å²) >= 11 is 0. The number of aliphatic hydroxyl groups excluding tert-OH is 1. The standard InChI is InChI=1S/C13H15N9O2/c1-19-13(24)20(4-5-23)12-18-11-10(22(12)19)9(17-7-21(11)14)8-6-15-2-3-16-8/h2-3,6,23H,4-5,7,14H2,1H3. The number of nitrogens with zero attached hydrogens (tertiary/aromatic N) is 8. The average molecular weight is 329 g/mol. The highest BCUT2D eigenvalue weighted by molar-refractivity contribution is 6.14. The van der Waals surface area contributed by atoms with E-state index < -0.39 is 0 Å². The lowest BCUT2D eigenvalue weighted by Gasteiger charge is -2.21. The molecular formula is C13H15N9O2. The van der Waals surface area contributed by atoms with Crippen LogP contribution in [0.3, 0.4) is 0 Å². The van der Waals surface area contributed by atoms with Gasteiger partial charge >= 0.3 is 5.69 Å². The Morgan fingerprint density at radius 3 is 2.92 bits per heavy atom. The van der Waals surface area contributed by atoms with Gasteiger partial charge in [-0.2, -0.15) is 4.98 Å². The fraction of sp³-hybridized carbons (Fsp3) is 0.308. The predicted octanol–water partition coefficient (Wildman–Crippen LogP) is -1.89. The minimum Gasteiger partial charge on any atom is -0.395 e. The maximum atomic E-state index is 12.4. The van der Waals surface area contributed by atoms with Crippen LogP contribution in [0.2, 0.25) is 0 Å². The van der Waals surface area contributed by atoms with Gasteiger partial charge in [0.25, 0.3) is 0 Å². The van der Waals surface area contributed by atoms with E-state index >= 15 is 0 Å². The molecule has 0 saturated heterocycles. The Hall–Kier alpha value is -3.05. The number of hydrazine groups is 1. The first-order valence-corrected chi connectivity index (χ1v) is 7.26. The van der Waals surface area contributed by atoms with Gasteiger partial charge < -0.3 is 5.11 Å². The summed E-state index contributed by atoms with van der Waals surface area (Å²) in [6, 6.07) is 0. The van der Waals surface area contributed by atoms with E-state index in [0.717, 1.165) is 0 Å². The van der Waals surface area contributed by atoms with Gasteiger partial charge in [-0.15, -0.1) is 0 Å². The molecule has 0 saturated carbocycles. The third-order valence-corrected chi connectivity index (χ3v) is 3.88. The van der Waals surface area contributed by atoms with Crippen LogP contribution in [0.4, 0.5) is 5.82 Å². The molecule has 0 unspecified atom stereocenters. The van der Waals surface area contributed by atoms with Crippen molar-refractivity contribution < 1.29 is 5.11 Å². The Balaban J connectivity index is 2.04. The Morgan fingerprint density at radius 1 is 1.38 bits per heavy atom. The number of rotatable bonds is 3. The van der Waals surface area contributed by atoms with Crippen molar-refractivity contribution in [3.63, 3.8) is 0 Å². The number of nitrogens with two attached hydrogens (primary N) is 1. The molecule has 0 amide bonds. The van der Waals surface area contributed by atoms with E-state index in [0.29, 0.717) is 28.7 Å². The smallest absolute Gasteiger partial charge is 0.345 e. The van der Waals surface area contributed by atoms with Crippen molar-refractivity contribution >= 4 is 17.3 Å². The van der Waals surface area contributed by atoms with Crippen LogP contribution in [0.5, 0.6) is 0 Å². The quantitative estimate of drug-likeness (QED) is 0.537. The van der Waals surface area contributed by atoms with E-state index in [1.807, 2.05) is 0 Å². The Labute approximate surface area is 135 Å². The third kappa shape index (κ3) is 1.88. The molecule has 3 N–H and O–H groups in total. The Morgan fingerprint density at radius 2 is 2.21 bits per heavy atom. The lowest BCUT2D eigenvalue weighted by molar-refractivity contribution is 0.275. The summed E-state index contributed by atoms with van der Waals surface area (Å²) in [7, 11) is 1.62. The summed E-state index contributed by atoms with van der Waals surface area (Å²) in [4.78, 5) is 29.7. The lowest BCUT2D eigenvalue weighted by atomic mass is 10.2. The molecule has 3 aromatic rings. The number of aliphatic imine (C=N–C) groups is 1. The SMILES string of the molecule is Cn1c(=O)n(CCO)c2nc3c(n21)C(c1cnccn1)=NCN3N. The molecule has 1 aliphatic rings. The predicted molar refractivity (Wildman–Crippen MR) is 84.7 cm³/mol. The molecule has 24 heavy (non-hydrogen) atoms. The molecule has 0 spiro atoms. The van der Waals surface area contributed by atoms with Crippen molar-refractivity contribution in [2.75, 3.05) is 18.3 Å². The largest absolute Gasteiger partial charge is 0.395 e. The summed E-state index contributed by atoms with van der Waals surface area (Å²) in [6.45, 7) is 0.183. The molecular weight excluding hydrogens is 314 g/mol. The number of hydrogen-bond acceptors (Lipinski definition) is 8. The first kappa shape index (κ1) is 14.5. The highest BCUT2D eigenvalue weighted by Gasteiger charge is 2.30. The van der Waals surface area contributed by atoms with Crippen LogP contribution in [-0.2, 0) is 13.6 Å². The summed E-state index contributed by atoms with van der Waals surface area (Å²) in [5, 5.41) is 10.6. The van der Waals surface area contributed by atoms with Crippen LogP contribution in [0.25, 0.3) is 5.78 Å². The van der Waals surface area contributed by atoms with Gasteiger partial charge in [-0.3, -0.25) is 24.5 Å². The Bertz CT molecular complexity index is 998. The number of aliphatic hydroxyl groups is 1. The van der Waals surface area contributed by atoms with Gasteiger partial charge in [-0.05, 0) is 0 Å². The van der Waals surface area contributed by atoms with Crippen molar-refractivity contribution in [3.05, 3.63) is 40.5 Å². The van der Waals surface area contributed by atoms with Gasteiger partial charge in [0.05, 0.1) is 19.3 Å². The molecule has 4 rings (SSSR count). The third-order valence-electron chi connectivity index (χ3n) is 3.88. The summed E-state index contributed by atoms with van der Waals surface area (Å²) in [5.74, 6) is 6.86. The van der Waals surface area contributed by atoms with E-state index in [9.17, 15) is 9.90 Å². The fourth-order valence-electron chi connectivity index (χ4n) is 2.81. The summed E-state index contributed by atoms with van der Waals surface area (Å²) in [6.07, 6.45) is 4.74. The molecule has 0 fully saturated rings. The second-order valence-electron chi connectivity index (χ2n) is 5.29. The van der Waals surface area contributed by atoms with Gasteiger partial charge in [-0.1, -0.05) is 0 Å². The van der Waals surface area contributed by atoms with Crippen LogP contribution in [0.15, 0.2) is 28.4 Å². The molecule has 0 bridgehead atoms. The fourth-order valence-corrected chi connectivity index (χ4v) is 2.81. The highest BCUT2D eigenvalue weighted by atomic mass is 16.3. The molecule has 0 atom stereocenters. The van der Waals surface area contributed by atoms with E-state index in [-0.39, 0.29) is 25.5 Å². The van der Waals surface area contributed by atoms with Gasteiger partial charge in [0.15, 0.2) is 5.82 Å². The number of anilines is 1. The van der Waals surface area contributed by atoms with Crippen LogP contribution in [0.1, 0.15) is 11.4 Å². The van der Waals surface area contributed by atoms with Crippen LogP contribution >= 0.6 is 0 Å². The molecule has 11 heteroatoms. The van der Waals surface area contributed by atoms with Gasteiger partial charge in [0.2, 0.25) is 5.78 Å². The maximum absolute atomic E-state index is 12.4. The number of aromatic nitrogens is 6. The molecule has 124 valence electrons. The molecule has 4 heterocycles. The van der Waals surface area contributed by atoms with Gasteiger partial charge in [0, 0.05) is 19.4 Å². The monoisotopic (exact) mass is 329 g/mol. The first-order chi connectivity index (χ1) is 11.6. The van der Waals surface area contributed by atoms with Gasteiger partial charge in [0.1, 0.15) is 23.8 Å². The molecule has 3 aromatic heterocycles. The zero-order valence-corrected chi connectivity index (χ0v) is 12.9. The molecule has 0 aromatic carbocycles. The number of hydrogen-bond donors (Lipinski definition) is 2. The summed E-state index contributed by atoms with van der Waals surface area (Å²) < 4.78 is 4.42. The topological polar surface area (TPSA) is 132 Å². The minimum absolute atomic E-state index is 0.140. The average Bonchev–Trinajstić information content (AvgIpc) is 3.09. The van der Waals surface area contributed by atoms with Crippen molar-refractivity contribution in [1.82, 2.24) is 28.7 Å². The van der Waals surface area contributed by atoms with Crippen molar-refractivity contribution in [1.29, 1.82) is 0 Å². The maximum Gasteiger partial charge on any atom is 0.345 e. The Kier molecular flexibility index (Phi) is 3.18. The zero-order chi connectivity index (χ0) is 16.8. The molecule has 0 radical (unpaired) electrons. The number of aryl methyl sites for hydroxylation is 1. The molecule has 11 nitrogen and oxygen atoms in total. The first-order valence-electron chi connectivity index (χ1n) is 7.26. The number of imidazole rings is 1. The second kappa shape index (κ2) is 5.25. The van der Waals surface area contributed by atoms with E-state index in [2.05, 4.69) is 19.9 Å². The van der Waals surface area contributed by atoms with Crippen molar-refractivity contribution in [2.45, 2.75) is 6.54 Å². The molecule has 1 aliphatic heterocycles. The lowest BCUT2D eigenvalue weighted by Crippen LogP contribution is -2.37. The van der Waals surface area contributed by atoms with Gasteiger partial charge in [-0.25, -0.2) is 19.8 Å². The zero-order valence-electron chi connectivity index (χ0n) is 12.9. The van der Waals surface area contributed by atoms with Crippen molar-refractivity contribution in [2.24, 2.45) is 17.9 Å². The van der Waals surface area contributed by atoms with Crippen LogP contribution in [-0.4, -0.2) is 52.8 Å². The molecule has 0 aliphatic carbocycles. The minimum atomic E-state index is -0.290. The van der Waals surface area contributed by atoms with E-state index in [1.54, 1.807) is 30.2 Å². The summed E-state index contributed by atoms with van der Waals surface area (Å²) in [5.41, 5.74) is 1.40. The normalized spacial score (nSPS) is 14.1. The highest BCUT2D eigenvalue weighted by Crippen LogP contribution is 2.25. The second-order valence-corrected chi connectivity index (χ2v) is 5.29. The van der Waals surface area contributed by atoms with Crippen LogP contribution < -0.4 is 16.5 Å².